The van der Waals surface area contributed by atoms with E-state index in [1.165, 1.54) is 0 Å². The average molecular weight is 447 g/mol. The summed E-state index contributed by atoms with van der Waals surface area (Å²) in [5.74, 6) is 0.419. The number of sulfonamides is 1. The van der Waals surface area contributed by atoms with Gasteiger partial charge in [-0.15, -0.1) is 0 Å². The van der Waals surface area contributed by atoms with Crippen molar-refractivity contribution in [1.82, 2.24) is 14.9 Å². The van der Waals surface area contributed by atoms with E-state index >= 15 is 0 Å². The molecule has 0 aliphatic heterocycles. The summed E-state index contributed by atoms with van der Waals surface area (Å²) in [6.45, 7) is 3.58. The molecule has 0 aliphatic carbocycles. The number of halogens is 1. The Hall–Kier alpha value is -2.84. The summed E-state index contributed by atoms with van der Waals surface area (Å²) >= 11 is 5.97. The predicted octanol–water partition coefficient (Wildman–Crippen LogP) is 3.22. The number of nitrogens with zero attached hydrogens (tertiary/aromatic N) is 3. The van der Waals surface area contributed by atoms with Gasteiger partial charge >= 0.3 is 0 Å². The molecule has 0 aliphatic rings. The summed E-state index contributed by atoms with van der Waals surface area (Å²) in [7, 11) is -3.66. The van der Waals surface area contributed by atoms with Crippen molar-refractivity contribution in [2.45, 2.75) is 20.4 Å². The standard InChI is InChI=1S/C21H23ClN4O3S/c1-15-12-18(22)8-9-19(15)26(30(3,28)29)14-21(27)24-13-17-6-4-5-7-20(17)25-11-10-23-16(25)2/h4-12H,13-14H2,1-3H3,(H,24,27). The Balaban J connectivity index is 1.77. The lowest BCUT2D eigenvalue weighted by molar-refractivity contribution is -0.119. The van der Waals surface area contributed by atoms with Crippen LogP contribution in [0.4, 0.5) is 5.69 Å². The summed E-state index contributed by atoms with van der Waals surface area (Å²) in [5.41, 5.74) is 2.88. The number of benzene rings is 2. The van der Waals surface area contributed by atoms with Crippen LogP contribution in [0, 0.1) is 13.8 Å². The van der Waals surface area contributed by atoms with Crippen molar-refractivity contribution in [2.24, 2.45) is 0 Å². The van der Waals surface area contributed by atoms with Crippen molar-refractivity contribution in [3.63, 3.8) is 0 Å². The van der Waals surface area contributed by atoms with Crippen LogP contribution in [0.5, 0.6) is 0 Å². The zero-order chi connectivity index (χ0) is 21.9. The molecule has 0 saturated carbocycles. The fourth-order valence-electron chi connectivity index (χ4n) is 3.19. The lowest BCUT2D eigenvalue weighted by atomic mass is 10.1. The van der Waals surface area contributed by atoms with Gasteiger partial charge in [-0.2, -0.15) is 0 Å². The third-order valence-corrected chi connectivity index (χ3v) is 6.03. The van der Waals surface area contributed by atoms with E-state index in [1.54, 1.807) is 31.3 Å². The third-order valence-electron chi connectivity index (χ3n) is 4.67. The molecular formula is C21H23ClN4O3S. The molecule has 3 rings (SSSR count). The minimum Gasteiger partial charge on any atom is -0.350 e. The van der Waals surface area contributed by atoms with Gasteiger partial charge in [0.15, 0.2) is 0 Å². The van der Waals surface area contributed by atoms with E-state index in [-0.39, 0.29) is 13.1 Å². The number of hydrogen-bond donors (Lipinski definition) is 1. The highest BCUT2D eigenvalue weighted by Gasteiger charge is 2.22. The van der Waals surface area contributed by atoms with E-state index in [4.69, 9.17) is 11.6 Å². The van der Waals surface area contributed by atoms with Crippen molar-refractivity contribution in [2.75, 3.05) is 17.1 Å². The Kier molecular flexibility index (Phi) is 6.48. The molecule has 1 heterocycles. The van der Waals surface area contributed by atoms with Crippen molar-refractivity contribution in [3.05, 3.63) is 76.8 Å². The number of para-hydroxylation sites is 1. The van der Waals surface area contributed by atoms with Crippen LogP contribution in [0.25, 0.3) is 5.69 Å². The normalized spacial score (nSPS) is 11.3. The highest BCUT2D eigenvalue weighted by Crippen LogP contribution is 2.25. The van der Waals surface area contributed by atoms with Gasteiger partial charge in [-0.1, -0.05) is 29.8 Å². The molecule has 7 nitrogen and oxygen atoms in total. The van der Waals surface area contributed by atoms with Crippen LogP contribution in [-0.2, 0) is 21.4 Å². The van der Waals surface area contributed by atoms with Crippen LogP contribution in [0.15, 0.2) is 54.9 Å². The van der Waals surface area contributed by atoms with Gasteiger partial charge in [0.1, 0.15) is 12.4 Å². The molecule has 2 aromatic carbocycles. The molecule has 1 N–H and O–H groups in total. The van der Waals surface area contributed by atoms with Gasteiger partial charge < -0.3 is 9.88 Å². The second kappa shape index (κ2) is 8.89. The highest BCUT2D eigenvalue weighted by atomic mass is 35.5. The second-order valence-corrected chi connectivity index (χ2v) is 9.29. The van der Waals surface area contributed by atoms with Gasteiger partial charge in [-0.3, -0.25) is 9.10 Å². The Morgan fingerprint density at radius 2 is 1.93 bits per heavy atom. The molecule has 0 unspecified atom stereocenters. The van der Waals surface area contributed by atoms with Gasteiger partial charge in [0.2, 0.25) is 15.9 Å². The number of amides is 1. The van der Waals surface area contributed by atoms with Gasteiger partial charge in [-0.25, -0.2) is 13.4 Å². The fourth-order valence-corrected chi connectivity index (χ4v) is 4.33. The first-order valence-corrected chi connectivity index (χ1v) is 11.5. The summed E-state index contributed by atoms with van der Waals surface area (Å²) in [6, 6.07) is 12.5. The maximum atomic E-state index is 12.6. The quantitative estimate of drug-likeness (QED) is 0.603. The molecule has 158 valence electrons. The lowest BCUT2D eigenvalue weighted by Gasteiger charge is -2.24. The van der Waals surface area contributed by atoms with Crippen LogP contribution in [0.1, 0.15) is 17.0 Å². The van der Waals surface area contributed by atoms with Crippen molar-refractivity contribution in [1.29, 1.82) is 0 Å². The second-order valence-electron chi connectivity index (χ2n) is 6.95. The van der Waals surface area contributed by atoms with E-state index < -0.39 is 15.9 Å². The smallest absolute Gasteiger partial charge is 0.241 e. The minimum atomic E-state index is -3.66. The summed E-state index contributed by atoms with van der Waals surface area (Å²) < 4.78 is 27.7. The van der Waals surface area contributed by atoms with Gasteiger partial charge in [0.05, 0.1) is 17.6 Å². The van der Waals surface area contributed by atoms with Crippen LogP contribution in [0.2, 0.25) is 5.02 Å². The molecule has 0 radical (unpaired) electrons. The van der Waals surface area contributed by atoms with Gasteiger partial charge in [-0.05, 0) is 49.2 Å². The van der Waals surface area contributed by atoms with E-state index in [9.17, 15) is 13.2 Å². The number of hydrogen-bond acceptors (Lipinski definition) is 4. The molecule has 0 atom stereocenters. The molecule has 30 heavy (non-hydrogen) atoms. The zero-order valence-corrected chi connectivity index (χ0v) is 18.5. The first-order chi connectivity index (χ1) is 14.2. The molecule has 0 spiro atoms. The van der Waals surface area contributed by atoms with Crippen LogP contribution in [-0.4, -0.2) is 36.7 Å². The summed E-state index contributed by atoms with van der Waals surface area (Å²) in [6.07, 6.45) is 4.64. The Labute approximate surface area is 181 Å². The lowest BCUT2D eigenvalue weighted by Crippen LogP contribution is -2.40. The fraction of sp³-hybridized carbons (Fsp3) is 0.238. The predicted molar refractivity (Wildman–Crippen MR) is 119 cm³/mol. The minimum absolute atomic E-state index is 0.254. The number of aryl methyl sites for hydroxylation is 2. The topological polar surface area (TPSA) is 84.3 Å². The summed E-state index contributed by atoms with van der Waals surface area (Å²) in [5, 5.41) is 3.32. The monoisotopic (exact) mass is 446 g/mol. The van der Waals surface area contributed by atoms with Crippen LogP contribution in [0.3, 0.4) is 0 Å². The molecule has 1 aromatic heterocycles. The van der Waals surface area contributed by atoms with Gasteiger partial charge in [0.25, 0.3) is 0 Å². The van der Waals surface area contributed by atoms with Crippen molar-refractivity contribution < 1.29 is 13.2 Å². The summed E-state index contributed by atoms with van der Waals surface area (Å²) in [4.78, 5) is 16.9. The van der Waals surface area contributed by atoms with E-state index in [2.05, 4.69) is 10.3 Å². The first kappa shape index (κ1) is 21.9. The molecular weight excluding hydrogens is 424 g/mol. The maximum Gasteiger partial charge on any atom is 0.241 e. The molecule has 0 bridgehead atoms. The molecule has 0 fully saturated rings. The van der Waals surface area contributed by atoms with Crippen LogP contribution >= 0.6 is 11.6 Å². The Morgan fingerprint density at radius 1 is 1.20 bits per heavy atom. The van der Waals surface area contributed by atoms with Crippen molar-refractivity contribution >= 4 is 33.2 Å². The van der Waals surface area contributed by atoms with Crippen molar-refractivity contribution in [3.8, 4) is 5.69 Å². The number of carbonyl (C=O) groups excluding carboxylic acids is 1. The van der Waals surface area contributed by atoms with Crippen LogP contribution < -0.4 is 9.62 Å². The van der Waals surface area contributed by atoms with Gasteiger partial charge in [0, 0.05) is 24.0 Å². The Bertz CT molecular complexity index is 1170. The Morgan fingerprint density at radius 3 is 2.57 bits per heavy atom. The number of carbonyl (C=O) groups is 1. The molecule has 9 heteroatoms. The number of nitrogens with one attached hydrogen (secondary N) is 1. The third kappa shape index (κ3) is 5.01. The van der Waals surface area contributed by atoms with E-state index in [0.29, 0.717) is 16.3 Å². The molecule has 0 saturated heterocycles. The number of imidazole rings is 1. The first-order valence-electron chi connectivity index (χ1n) is 9.25. The number of anilines is 1. The maximum absolute atomic E-state index is 12.6. The van der Waals surface area contributed by atoms with E-state index in [1.807, 2.05) is 42.0 Å². The molecule has 1 amide bonds. The number of rotatable bonds is 7. The SMILES string of the molecule is Cc1cc(Cl)ccc1N(CC(=O)NCc1ccccc1-n1ccnc1C)S(C)(=O)=O. The average Bonchev–Trinajstić information content (AvgIpc) is 3.10. The number of aromatic nitrogens is 2. The highest BCUT2D eigenvalue weighted by molar-refractivity contribution is 7.92. The zero-order valence-electron chi connectivity index (χ0n) is 17.0. The van der Waals surface area contributed by atoms with E-state index in [0.717, 1.165) is 27.6 Å². The molecule has 3 aromatic rings. The largest absolute Gasteiger partial charge is 0.350 e.